The fraction of sp³-hybridized carbons (Fsp3) is 0.250. The number of benzene rings is 1. The molecule has 1 aromatic rings. The van der Waals surface area contributed by atoms with Crippen molar-refractivity contribution in [3.05, 3.63) is 35.9 Å². The third-order valence-electron chi connectivity index (χ3n) is 2.19. The molecule has 0 aliphatic rings. The van der Waals surface area contributed by atoms with Gasteiger partial charge in [0.1, 0.15) is 6.07 Å². The number of nitrogens with zero attached hydrogens (tertiary/aromatic N) is 1. The van der Waals surface area contributed by atoms with Crippen molar-refractivity contribution in [2.24, 2.45) is 5.73 Å². The molecule has 1 aromatic carbocycles. The maximum absolute atomic E-state index is 11.4. The van der Waals surface area contributed by atoms with E-state index in [1.807, 2.05) is 6.07 Å². The van der Waals surface area contributed by atoms with E-state index >= 15 is 0 Å². The summed E-state index contributed by atoms with van der Waals surface area (Å²) >= 11 is 0. The first-order valence-corrected chi connectivity index (χ1v) is 5.27. The fourth-order valence-corrected chi connectivity index (χ4v) is 1.45. The Morgan fingerprint density at radius 1 is 1.39 bits per heavy atom. The number of primary amides is 1. The first kappa shape index (κ1) is 13.5. The Labute approximate surface area is 104 Å². The van der Waals surface area contributed by atoms with Gasteiger partial charge in [-0.15, -0.1) is 0 Å². The highest BCUT2D eigenvalue weighted by Gasteiger charge is 2.17. The molecule has 6 heteroatoms. The minimum Gasteiger partial charge on any atom is -0.450 e. The third kappa shape index (κ3) is 4.53. The zero-order chi connectivity index (χ0) is 13.4. The van der Waals surface area contributed by atoms with Crippen LogP contribution in [0.2, 0.25) is 0 Å². The second-order valence-corrected chi connectivity index (χ2v) is 3.49. The standard InChI is InChI=1S/C12H13N3O3/c13-6-7-18-11(16)8-10(15-12(14)17)9-4-2-1-3-5-9/h1-5,10H,7-8H2,(H3,14,15,17). The van der Waals surface area contributed by atoms with Crippen LogP contribution < -0.4 is 11.1 Å². The van der Waals surface area contributed by atoms with Crippen molar-refractivity contribution in [3.63, 3.8) is 0 Å². The van der Waals surface area contributed by atoms with Gasteiger partial charge in [0.05, 0.1) is 12.5 Å². The van der Waals surface area contributed by atoms with Gasteiger partial charge in [-0.1, -0.05) is 30.3 Å². The number of hydrogen-bond acceptors (Lipinski definition) is 4. The Morgan fingerprint density at radius 2 is 2.06 bits per heavy atom. The van der Waals surface area contributed by atoms with E-state index in [1.165, 1.54) is 0 Å². The Balaban J connectivity index is 2.71. The summed E-state index contributed by atoms with van der Waals surface area (Å²) in [6.07, 6.45) is -0.0748. The summed E-state index contributed by atoms with van der Waals surface area (Å²) in [4.78, 5) is 22.3. The van der Waals surface area contributed by atoms with Gasteiger partial charge in [0.15, 0.2) is 6.61 Å². The van der Waals surface area contributed by atoms with Gasteiger partial charge in [-0.05, 0) is 5.56 Å². The lowest BCUT2D eigenvalue weighted by Crippen LogP contribution is -2.34. The lowest BCUT2D eigenvalue weighted by atomic mass is 10.0. The van der Waals surface area contributed by atoms with E-state index in [4.69, 9.17) is 11.0 Å². The lowest BCUT2D eigenvalue weighted by Gasteiger charge is -2.16. The van der Waals surface area contributed by atoms with Crippen molar-refractivity contribution in [2.75, 3.05) is 6.61 Å². The van der Waals surface area contributed by atoms with Crippen molar-refractivity contribution in [2.45, 2.75) is 12.5 Å². The molecular weight excluding hydrogens is 234 g/mol. The minimum absolute atomic E-state index is 0.0748. The molecule has 0 radical (unpaired) electrons. The van der Waals surface area contributed by atoms with Crippen molar-refractivity contribution in [3.8, 4) is 6.07 Å². The molecule has 0 saturated heterocycles. The molecule has 94 valence electrons. The van der Waals surface area contributed by atoms with Gasteiger partial charge in [0.25, 0.3) is 0 Å². The van der Waals surface area contributed by atoms with Gasteiger partial charge in [0.2, 0.25) is 0 Å². The molecular formula is C12H13N3O3. The summed E-state index contributed by atoms with van der Waals surface area (Å²) < 4.78 is 4.63. The van der Waals surface area contributed by atoms with Crippen molar-refractivity contribution >= 4 is 12.0 Å². The number of carbonyl (C=O) groups excluding carboxylic acids is 2. The molecule has 0 heterocycles. The monoisotopic (exact) mass is 247 g/mol. The highest BCUT2D eigenvalue weighted by atomic mass is 16.5. The predicted octanol–water partition coefficient (Wildman–Crippen LogP) is 0.853. The number of amides is 2. The van der Waals surface area contributed by atoms with E-state index in [-0.39, 0.29) is 13.0 Å². The first-order valence-electron chi connectivity index (χ1n) is 5.27. The van der Waals surface area contributed by atoms with Crippen LogP contribution in [0.25, 0.3) is 0 Å². The summed E-state index contributed by atoms with van der Waals surface area (Å²) in [5.74, 6) is -0.570. The normalized spacial score (nSPS) is 11.1. The Kier molecular flexibility index (Phi) is 5.19. The van der Waals surface area contributed by atoms with Crippen LogP contribution in [0.5, 0.6) is 0 Å². The van der Waals surface area contributed by atoms with Gasteiger partial charge in [-0.2, -0.15) is 5.26 Å². The van der Waals surface area contributed by atoms with Crippen LogP contribution in [0.3, 0.4) is 0 Å². The molecule has 0 spiro atoms. The van der Waals surface area contributed by atoms with Crippen molar-refractivity contribution < 1.29 is 14.3 Å². The molecule has 0 bridgehead atoms. The molecule has 0 aromatic heterocycles. The SMILES string of the molecule is N#CCOC(=O)CC(NC(N)=O)c1ccccc1. The highest BCUT2D eigenvalue weighted by molar-refractivity contribution is 5.75. The molecule has 3 N–H and O–H groups in total. The highest BCUT2D eigenvalue weighted by Crippen LogP contribution is 2.16. The number of nitrogens with one attached hydrogen (secondary N) is 1. The molecule has 1 unspecified atom stereocenters. The van der Waals surface area contributed by atoms with Crippen LogP contribution in [0.15, 0.2) is 30.3 Å². The molecule has 18 heavy (non-hydrogen) atoms. The quantitative estimate of drug-likeness (QED) is 0.752. The molecule has 6 nitrogen and oxygen atoms in total. The Hall–Kier alpha value is -2.55. The molecule has 0 fully saturated rings. The van der Waals surface area contributed by atoms with Gasteiger partial charge in [-0.25, -0.2) is 4.79 Å². The number of hydrogen-bond donors (Lipinski definition) is 2. The summed E-state index contributed by atoms with van der Waals surface area (Å²) in [6, 6.07) is 9.32. The Morgan fingerprint density at radius 3 is 2.61 bits per heavy atom. The number of urea groups is 1. The number of nitrogens with two attached hydrogens (primary N) is 1. The maximum Gasteiger partial charge on any atom is 0.312 e. The molecule has 0 saturated carbocycles. The smallest absolute Gasteiger partial charge is 0.312 e. The topological polar surface area (TPSA) is 105 Å². The third-order valence-corrected chi connectivity index (χ3v) is 2.19. The largest absolute Gasteiger partial charge is 0.450 e. The van der Waals surface area contributed by atoms with Gasteiger partial charge < -0.3 is 15.8 Å². The summed E-state index contributed by atoms with van der Waals surface area (Å²) in [5.41, 5.74) is 5.79. The summed E-state index contributed by atoms with van der Waals surface area (Å²) in [5, 5.41) is 10.8. The molecule has 2 amide bonds. The van der Waals surface area contributed by atoms with E-state index in [9.17, 15) is 9.59 Å². The fourth-order valence-electron chi connectivity index (χ4n) is 1.45. The zero-order valence-electron chi connectivity index (χ0n) is 9.63. The number of esters is 1. The van der Waals surface area contributed by atoms with Crippen molar-refractivity contribution in [1.29, 1.82) is 5.26 Å². The predicted molar refractivity (Wildman–Crippen MR) is 63.1 cm³/mol. The molecule has 0 aliphatic carbocycles. The minimum atomic E-state index is -0.725. The van der Waals surface area contributed by atoms with E-state index < -0.39 is 18.0 Å². The second-order valence-electron chi connectivity index (χ2n) is 3.49. The van der Waals surface area contributed by atoms with Crippen molar-refractivity contribution in [1.82, 2.24) is 5.32 Å². The summed E-state index contributed by atoms with van der Waals surface area (Å²) in [6.45, 7) is -0.309. The number of carbonyl (C=O) groups is 2. The number of nitriles is 1. The maximum atomic E-state index is 11.4. The zero-order valence-corrected chi connectivity index (χ0v) is 9.63. The molecule has 1 atom stereocenters. The molecule has 1 rings (SSSR count). The van der Waals surface area contributed by atoms with Crippen LogP contribution in [0, 0.1) is 11.3 Å². The average Bonchev–Trinajstić information content (AvgIpc) is 2.36. The van der Waals surface area contributed by atoms with Crippen LogP contribution >= 0.6 is 0 Å². The number of ether oxygens (including phenoxy) is 1. The second kappa shape index (κ2) is 6.91. The Bertz CT molecular complexity index is 453. The van der Waals surface area contributed by atoms with Crippen LogP contribution in [0.1, 0.15) is 18.0 Å². The summed E-state index contributed by atoms with van der Waals surface area (Å²) in [7, 11) is 0. The van der Waals surface area contributed by atoms with Gasteiger partial charge in [-0.3, -0.25) is 4.79 Å². The first-order chi connectivity index (χ1) is 8.63. The van der Waals surface area contributed by atoms with E-state index in [0.29, 0.717) is 0 Å². The molecule has 0 aliphatic heterocycles. The van der Waals surface area contributed by atoms with E-state index in [1.54, 1.807) is 30.3 Å². The van der Waals surface area contributed by atoms with Crippen LogP contribution in [-0.4, -0.2) is 18.6 Å². The van der Waals surface area contributed by atoms with E-state index in [2.05, 4.69) is 10.1 Å². The lowest BCUT2D eigenvalue weighted by molar-refractivity contribution is -0.142. The van der Waals surface area contributed by atoms with Gasteiger partial charge >= 0.3 is 12.0 Å². The van der Waals surface area contributed by atoms with Crippen LogP contribution in [0.4, 0.5) is 4.79 Å². The van der Waals surface area contributed by atoms with E-state index in [0.717, 1.165) is 5.56 Å². The van der Waals surface area contributed by atoms with Crippen LogP contribution in [-0.2, 0) is 9.53 Å². The number of rotatable bonds is 5. The van der Waals surface area contributed by atoms with Gasteiger partial charge in [0, 0.05) is 0 Å². The average molecular weight is 247 g/mol.